The summed E-state index contributed by atoms with van der Waals surface area (Å²) in [5, 5.41) is 9.57. The first-order chi connectivity index (χ1) is 6.94. The Hall–Kier alpha value is -0.200. The van der Waals surface area contributed by atoms with Gasteiger partial charge in [0.05, 0.1) is 6.10 Å². The minimum Gasteiger partial charge on any atom is -0.391 e. The Labute approximate surface area is 89.3 Å². The molecule has 0 radical (unpaired) electrons. The van der Waals surface area contributed by atoms with Crippen molar-refractivity contribution in [3.8, 4) is 0 Å². The topological polar surface area (TPSA) is 57.2 Å². The number of rotatable bonds is 2. The molecule has 2 aliphatic rings. The van der Waals surface area contributed by atoms with Gasteiger partial charge in [-0.15, -0.1) is 0 Å². The third-order valence-electron chi connectivity index (χ3n) is 2.75. The molecule has 2 fully saturated rings. The molecule has 5 nitrogen and oxygen atoms in total. The number of fused-ring (bicyclic) bond motifs is 1. The number of aliphatic hydroxyl groups is 1. The number of hydrogen-bond donors (Lipinski definition) is 1. The maximum atomic E-state index is 9.57. The van der Waals surface area contributed by atoms with Gasteiger partial charge < -0.3 is 24.1 Å². The predicted octanol–water partition coefficient (Wildman–Crippen LogP) is 0.259. The summed E-state index contributed by atoms with van der Waals surface area (Å²) in [4.78, 5) is 0. The van der Waals surface area contributed by atoms with Crippen molar-refractivity contribution in [1.82, 2.24) is 0 Å². The number of ether oxygens (including phenoxy) is 4. The van der Waals surface area contributed by atoms with Crippen LogP contribution >= 0.6 is 0 Å². The van der Waals surface area contributed by atoms with Gasteiger partial charge >= 0.3 is 0 Å². The van der Waals surface area contributed by atoms with Crippen molar-refractivity contribution < 1.29 is 24.1 Å². The molecule has 0 aromatic rings. The van der Waals surface area contributed by atoms with E-state index < -0.39 is 18.2 Å². The molecule has 0 bridgehead atoms. The van der Waals surface area contributed by atoms with Gasteiger partial charge in [0.25, 0.3) is 0 Å². The molecule has 0 aromatic carbocycles. The summed E-state index contributed by atoms with van der Waals surface area (Å²) in [7, 11) is 1.56. The highest BCUT2D eigenvalue weighted by atomic mass is 16.8. The van der Waals surface area contributed by atoms with Gasteiger partial charge in [0.15, 0.2) is 12.1 Å². The summed E-state index contributed by atoms with van der Waals surface area (Å²) < 4.78 is 22.0. The van der Waals surface area contributed by atoms with Crippen LogP contribution in [0.5, 0.6) is 0 Å². The summed E-state index contributed by atoms with van der Waals surface area (Å²) >= 11 is 0. The highest BCUT2D eigenvalue weighted by Gasteiger charge is 2.56. The van der Waals surface area contributed by atoms with Crippen LogP contribution in [0.3, 0.4) is 0 Å². The lowest BCUT2D eigenvalue weighted by Gasteiger charge is -2.24. The van der Waals surface area contributed by atoms with Gasteiger partial charge in [-0.2, -0.15) is 0 Å². The molecule has 1 N–H and O–H groups in total. The van der Waals surface area contributed by atoms with Crippen LogP contribution in [-0.4, -0.2) is 48.7 Å². The molecule has 0 amide bonds. The molecule has 5 unspecified atom stereocenters. The Morgan fingerprint density at radius 2 is 1.87 bits per heavy atom. The molecule has 88 valence electrons. The molecule has 2 aliphatic heterocycles. The van der Waals surface area contributed by atoms with Crippen LogP contribution in [-0.2, 0) is 18.9 Å². The van der Waals surface area contributed by atoms with E-state index in [2.05, 4.69) is 0 Å². The molecule has 5 atom stereocenters. The Bertz CT molecular complexity index is 240. The fourth-order valence-corrected chi connectivity index (χ4v) is 2.17. The van der Waals surface area contributed by atoms with Gasteiger partial charge in [-0.1, -0.05) is 0 Å². The van der Waals surface area contributed by atoms with Crippen LogP contribution in [0.4, 0.5) is 0 Å². The van der Waals surface area contributed by atoms with Crippen LogP contribution in [0.1, 0.15) is 20.8 Å². The number of aliphatic hydroxyl groups excluding tert-OH is 1. The maximum absolute atomic E-state index is 9.57. The molecular formula is C10H18O5. The van der Waals surface area contributed by atoms with Gasteiger partial charge in [-0.05, 0) is 20.8 Å². The Balaban J connectivity index is 2.15. The summed E-state index contributed by atoms with van der Waals surface area (Å²) in [5.74, 6) is -0.636. The normalized spacial score (nSPS) is 45.4. The van der Waals surface area contributed by atoms with Crippen LogP contribution in [0.2, 0.25) is 0 Å². The van der Waals surface area contributed by atoms with Crippen LogP contribution in [0.25, 0.3) is 0 Å². The van der Waals surface area contributed by atoms with E-state index in [4.69, 9.17) is 18.9 Å². The smallest absolute Gasteiger partial charge is 0.186 e. The largest absolute Gasteiger partial charge is 0.391 e. The van der Waals surface area contributed by atoms with Crippen molar-refractivity contribution in [2.24, 2.45) is 0 Å². The summed E-state index contributed by atoms with van der Waals surface area (Å²) in [6.07, 6.45) is -1.97. The SMILES string of the molecule is COC1OC(C(C)O)C2OC(C)(C)OC12. The first-order valence-electron chi connectivity index (χ1n) is 5.16. The van der Waals surface area contributed by atoms with Crippen LogP contribution in [0, 0.1) is 0 Å². The minimum absolute atomic E-state index is 0.259. The van der Waals surface area contributed by atoms with E-state index in [1.54, 1.807) is 14.0 Å². The molecular weight excluding hydrogens is 200 g/mol. The third-order valence-corrected chi connectivity index (χ3v) is 2.75. The van der Waals surface area contributed by atoms with Crippen LogP contribution in [0.15, 0.2) is 0 Å². The van der Waals surface area contributed by atoms with Gasteiger partial charge in [0.2, 0.25) is 0 Å². The van der Waals surface area contributed by atoms with E-state index in [1.165, 1.54) is 0 Å². The van der Waals surface area contributed by atoms with Crippen molar-refractivity contribution in [2.45, 2.75) is 57.3 Å². The second kappa shape index (κ2) is 3.68. The zero-order chi connectivity index (χ0) is 11.2. The number of methoxy groups -OCH3 is 1. The van der Waals surface area contributed by atoms with E-state index in [1.807, 2.05) is 13.8 Å². The lowest BCUT2D eigenvalue weighted by atomic mass is 10.1. The fourth-order valence-electron chi connectivity index (χ4n) is 2.17. The molecule has 0 aliphatic carbocycles. The molecule has 5 heteroatoms. The molecule has 2 rings (SSSR count). The Morgan fingerprint density at radius 1 is 1.27 bits per heavy atom. The second-order valence-electron chi connectivity index (χ2n) is 4.51. The first-order valence-corrected chi connectivity index (χ1v) is 5.16. The van der Waals surface area contributed by atoms with Gasteiger partial charge in [0.1, 0.15) is 18.3 Å². The highest BCUT2D eigenvalue weighted by molar-refractivity contribution is 4.96. The molecule has 0 saturated carbocycles. The third kappa shape index (κ3) is 1.90. The molecule has 2 heterocycles. The van der Waals surface area contributed by atoms with E-state index in [0.29, 0.717) is 0 Å². The second-order valence-corrected chi connectivity index (χ2v) is 4.51. The summed E-state index contributed by atoms with van der Waals surface area (Å²) in [6, 6.07) is 0. The standard InChI is InChI=1S/C10H18O5/c1-5(11)6-7-8(9(12-4)13-6)15-10(2,3)14-7/h5-9,11H,1-4H3. The minimum atomic E-state index is -0.636. The lowest BCUT2D eigenvalue weighted by Crippen LogP contribution is -2.36. The average Bonchev–Trinajstić information content (AvgIpc) is 2.57. The van der Waals surface area contributed by atoms with E-state index in [9.17, 15) is 5.11 Å². The molecule has 0 aromatic heterocycles. The number of hydrogen-bond acceptors (Lipinski definition) is 5. The van der Waals surface area contributed by atoms with Gasteiger partial charge in [0, 0.05) is 7.11 Å². The van der Waals surface area contributed by atoms with Crippen LogP contribution < -0.4 is 0 Å². The lowest BCUT2D eigenvalue weighted by molar-refractivity contribution is -0.235. The van der Waals surface area contributed by atoms with Gasteiger partial charge in [-0.25, -0.2) is 0 Å². The zero-order valence-electron chi connectivity index (χ0n) is 9.47. The highest BCUT2D eigenvalue weighted by Crippen LogP contribution is 2.39. The van der Waals surface area contributed by atoms with Crippen molar-refractivity contribution >= 4 is 0 Å². The van der Waals surface area contributed by atoms with E-state index >= 15 is 0 Å². The summed E-state index contributed by atoms with van der Waals surface area (Å²) in [6.45, 7) is 5.36. The van der Waals surface area contributed by atoms with Crippen molar-refractivity contribution in [1.29, 1.82) is 0 Å². The Kier molecular flexibility index (Phi) is 2.77. The predicted molar refractivity (Wildman–Crippen MR) is 51.2 cm³/mol. The monoisotopic (exact) mass is 218 g/mol. The van der Waals surface area contributed by atoms with E-state index in [-0.39, 0.29) is 18.3 Å². The maximum Gasteiger partial charge on any atom is 0.186 e. The van der Waals surface area contributed by atoms with Crippen molar-refractivity contribution in [3.05, 3.63) is 0 Å². The Morgan fingerprint density at radius 3 is 2.40 bits per heavy atom. The average molecular weight is 218 g/mol. The van der Waals surface area contributed by atoms with Crippen molar-refractivity contribution in [2.75, 3.05) is 7.11 Å². The molecule has 2 saturated heterocycles. The van der Waals surface area contributed by atoms with Gasteiger partial charge in [-0.3, -0.25) is 0 Å². The zero-order valence-corrected chi connectivity index (χ0v) is 9.47. The quantitative estimate of drug-likeness (QED) is 0.720. The molecule has 15 heavy (non-hydrogen) atoms. The van der Waals surface area contributed by atoms with E-state index in [0.717, 1.165) is 0 Å². The van der Waals surface area contributed by atoms with Crippen molar-refractivity contribution in [3.63, 3.8) is 0 Å². The molecule has 0 spiro atoms. The fraction of sp³-hybridized carbons (Fsp3) is 1.00. The first kappa shape index (κ1) is 11.3. The summed E-state index contributed by atoms with van der Waals surface area (Å²) in [5.41, 5.74) is 0.